The molecule has 118 valence electrons. The molecule has 2 N–H and O–H groups in total. The lowest BCUT2D eigenvalue weighted by molar-refractivity contribution is -0.165. The zero-order chi connectivity index (χ0) is 15.2. The van der Waals surface area contributed by atoms with Crippen molar-refractivity contribution < 1.29 is 24.5 Å². The second kappa shape index (κ2) is 12.9. The largest absolute Gasteiger partial charge is 0.479 e. The van der Waals surface area contributed by atoms with E-state index in [0.29, 0.717) is 6.42 Å². The first-order valence-electron chi connectivity index (χ1n) is 7.66. The molecule has 0 heterocycles. The zero-order valence-electron chi connectivity index (χ0n) is 12.5. The Morgan fingerprint density at radius 1 is 0.800 bits per heavy atom. The van der Waals surface area contributed by atoms with Gasteiger partial charge in [0.05, 0.1) is 0 Å². The number of aliphatic carboxylic acids is 2. The SMILES string of the molecule is CCCCCCCCCCCCOC(C(=O)O)C(=O)O. The Bertz CT molecular complexity index is 251. The van der Waals surface area contributed by atoms with Gasteiger partial charge in [-0.15, -0.1) is 0 Å². The molecule has 5 heteroatoms. The van der Waals surface area contributed by atoms with Crippen LogP contribution in [-0.2, 0) is 14.3 Å². The van der Waals surface area contributed by atoms with Gasteiger partial charge in [0.15, 0.2) is 0 Å². The third kappa shape index (κ3) is 10.8. The summed E-state index contributed by atoms with van der Waals surface area (Å²) in [6.07, 6.45) is 10.0. The van der Waals surface area contributed by atoms with Gasteiger partial charge in [0.2, 0.25) is 0 Å². The summed E-state index contributed by atoms with van der Waals surface area (Å²) in [5.74, 6) is -2.88. The van der Waals surface area contributed by atoms with Crippen LogP contribution in [0.3, 0.4) is 0 Å². The topological polar surface area (TPSA) is 83.8 Å². The lowest BCUT2D eigenvalue weighted by Crippen LogP contribution is -2.32. The molecule has 0 fully saturated rings. The van der Waals surface area contributed by atoms with Gasteiger partial charge >= 0.3 is 11.9 Å². The van der Waals surface area contributed by atoms with E-state index in [1.54, 1.807) is 0 Å². The molecule has 0 aromatic carbocycles. The third-order valence-corrected chi connectivity index (χ3v) is 3.23. The van der Waals surface area contributed by atoms with E-state index in [2.05, 4.69) is 6.92 Å². The van der Waals surface area contributed by atoms with E-state index in [9.17, 15) is 9.59 Å². The summed E-state index contributed by atoms with van der Waals surface area (Å²) in [6, 6.07) is 0. The standard InChI is InChI=1S/C15H28O5/c1-2-3-4-5-6-7-8-9-10-11-12-20-13(14(16)17)15(18)19/h13H,2-12H2,1H3,(H,16,17)(H,18,19). The first-order valence-corrected chi connectivity index (χ1v) is 7.66. The first kappa shape index (κ1) is 18.9. The number of hydrogen-bond donors (Lipinski definition) is 2. The molecule has 0 amide bonds. The Kier molecular flexibility index (Phi) is 12.2. The third-order valence-electron chi connectivity index (χ3n) is 3.23. The summed E-state index contributed by atoms with van der Waals surface area (Å²) in [7, 11) is 0. The van der Waals surface area contributed by atoms with Gasteiger partial charge in [0.1, 0.15) is 0 Å². The maximum absolute atomic E-state index is 10.5. The van der Waals surface area contributed by atoms with Crippen LogP contribution in [0.5, 0.6) is 0 Å². The van der Waals surface area contributed by atoms with Gasteiger partial charge in [-0.1, -0.05) is 64.7 Å². The number of carboxylic acid groups (broad SMARTS) is 2. The minimum Gasteiger partial charge on any atom is -0.479 e. The fraction of sp³-hybridized carbons (Fsp3) is 0.867. The van der Waals surface area contributed by atoms with Crippen molar-refractivity contribution in [3.8, 4) is 0 Å². The normalized spacial score (nSPS) is 10.9. The fourth-order valence-electron chi connectivity index (χ4n) is 2.04. The van der Waals surface area contributed by atoms with Crippen LogP contribution < -0.4 is 0 Å². The Hall–Kier alpha value is -1.10. The Morgan fingerprint density at radius 3 is 1.60 bits per heavy atom. The summed E-state index contributed by atoms with van der Waals surface area (Å²) in [5.41, 5.74) is 0. The number of carboxylic acids is 2. The highest BCUT2D eigenvalue weighted by molar-refractivity contribution is 5.95. The van der Waals surface area contributed by atoms with Crippen molar-refractivity contribution in [2.45, 2.75) is 77.2 Å². The van der Waals surface area contributed by atoms with Crippen molar-refractivity contribution in [1.82, 2.24) is 0 Å². The minimum absolute atomic E-state index is 0.194. The van der Waals surface area contributed by atoms with Gasteiger partial charge in [-0.3, -0.25) is 0 Å². The molecule has 0 atom stereocenters. The van der Waals surface area contributed by atoms with E-state index in [1.807, 2.05) is 0 Å². The number of carbonyl (C=O) groups is 2. The van der Waals surface area contributed by atoms with E-state index < -0.39 is 18.0 Å². The number of unbranched alkanes of at least 4 members (excludes halogenated alkanes) is 9. The summed E-state index contributed by atoms with van der Waals surface area (Å²) >= 11 is 0. The molecule has 0 saturated carbocycles. The van der Waals surface area contributed by atoms with Gasteiger partial charge in [-0.05, 0) is 6.42 Å². The smallest absolute Gasteiger partial charge is 0.344 e. The molecule has 0 aromatic rings. The van der Waals surface area contributed by atoms with Crippen LogP contribution >= 0.6 is 0 Å². The first-order chi connectivity index (χ1) is 9.59. The van der Waals surface area contributed by atoms with Crippen LogP contribution in [0, 0.1) is 0 Å². The van der Waals surface area contributed by atoms with Gasteiger partial charge in [-0.2, -0.15) is 0 Å². The molecule has 0 spiro atoms. The molecule has 0 bridgehead atoms. The van der Waals surface area contributed by atoms with E-state index in [0.717, 1.165) is 12.8 Å². The van der Waals surface area contributed by atoms with Crippen molar-refractivity contribution in [3.63, 3.8) is 0 Å². The van der Waals surface area contributed by atoms with Gasteiger partial charge in [0.25, 0.3) is 6.10 Å². The molecule has 0 aliphatic rings. The predicted molar refractivity (Wildman–Crippen MR) is 76.9 cm³/mol. The average molecular weight is 288 g/mol. The molecular weight excluding hydrogens is 260 g/mol. The lowest BCUT2D eigenvalue weighted by atomic mass is 10.1. The minimum atomic E-state index is -1.73. The maximum atomic E-state index is 10.5. The summed E-state index contributed by atoms with van der Waals surface area (Å²) < 4.78 is 4.84. The zero-order valence-corrected chi connectivity index (χ0v) is 12.5. The molecule has 0 aliphatic heterocycles. The average Bonchev–Trinajstić information content (AvgIpc) is 2.39. The quantitative estimate of drug-likeness (QED) is 0.378. The molecular formula is C15H28O5. The fourth-order valence-corrected chi connectivity index (χ4v) is 2.04. The second-order valence-corrected chi connectivity index (χ2v) is 5.11. The second-order valence-electron chi connectivity index (χ2n) is 5.11. The highest BCUT2D eigenvalue weighted by Crippen LogP contribution is 2.10. The van der Waals surface area contributed by atoms with Crippen LogP contribution in [0.2, 0.25) is 0 Å². The van der Waals surface area contributed by atoms with Crippen LogP contribution in [0.25, 0.3) is 0 Å². The van der Waals surface area contributed by atoms with Gasteiger partial charge < -0.3 is 14.9 Å². The van der Waals surface area contributed by atoms with Crippen molar-refractivity contribution in [3.05, 3.63) is 0 Å². The molecule has 0 saturated heterocycles. The van der Waals surface area contributed by atoms with Crippen LogP contribution in [0.15, 0.2) is 0 Å². The van der Waals surface area contributed by atoms with Crippen LogP contribution in [0.1, 0.15) is 71.1 Å². The molecule has 0 unspecified atom stereocenters. The molecule has 20 heavy (non-hydrogen) atoms. The molecule has 0 radical (unpaired) electrons. The Balaban J connectivity index is 3.32. The van der Waals surface area contributed by atoms with E-state index in [4.69, 9.17) is 14.9 Å². The number of ether oxygens (including phenoxy) is 1. The van der Waals surface area contributed by atoms with Crippen LogP contribution in [-0.4, -0.2) is 34.9 Å². The van der Waals surface area contributed by atoms with E-state index in [1.165, 1.54) is 44.9 Å². The van der Waals surface area contributed by atoms with Crippen molar-refractivity contribution >= 4 is 11.9 Å². The predicted octanol–water partition coefficient (Wildman–Crippen LogP) is 3.46. The number of hydrogen-bond acceptors (Lipinski definition) is 3. The van der Waals surface area contributed by atoms with E-state index in [-0.39, 0.29) is 6.61 Å². The summed E-state index contributed by atoms with van der Waals surface area (Å²) in [6.45, 7) is 2.40. The van der Waals surface area contributed by atoms with Crippen molar-refractivity contribution in [2.75, 3.05) is 6.61 Å². The molecule has 5 nitrogen and oxygen atoms in total. The highest BCUT2D eigenvalue weighted by atomic mass is 16.5. The number of rotatable bonds is 14. The van der Waals surface area contributed by atoms with E-state index >= 15 is 0 Å². The summed E-state index contributed by atoms with van der Waals surface area (Å²) in [5, 5.41) is 17.2. The monoisotopic (exact) mass is 288 g/mol. The molecule has 0 aliphatic carbocycles. The van der Waals surface area contributed by atoms with Gasteiger partial charge in [0, 0.05) is 6.61 Å². The Labute approximate surface area is 121 Å². The van der Waals surface area contributed by atoms with Crippen molar-refractivity contribution in [1.29, 1.82) is 0 Å². The lowest BCUT2D eigenvalue weighted by Gasteiger charge is -2.08. The van der Waals surface area contributed by atoms with Crippen molar-refractivity contribution in [2.24, 2.45) is 0 Å². The van der Waals surface area contributed by atoms with Crippen LogP contribution in [0.4, 0.5) is 0 Å². The Morgan fingerprint density at radius 2 is 1.20 bits per heavy atom. The van der Waals surface area contributed by atoms with Gasteiger partial charge in [-0.25, -0.2) is 9.59 Å². The molecule has 0 rings (SSSR count). The molecule has 0 aromatic heterocycles. The highest BCUT2D eigenvalue weighted by Gasteiger charge is 2.25. The maximum Gasteiger partial charge on any atom is 0.344 e. The summed E-state index contributed by atoms with van der Waals surface area (Å²) in [4.78, 5) is 21.1.